The number of thioether (sulfide) groups is 4. The van der Waals surface area contributed by atoms with E-state index in [2.05, 4.69) is 0 Å². The average molecular weight is 609 g/mol. The summed E-state index contributed by atoms with van der Waals surface area (Å²) in [5.74, 6) is -15.9. The fraction of sp³-hybridized carbons (Fsp3) is 0.259. The average Bonchev–Trinajstić information content (AvgIpc) is 3.55. The zero-order valence-electron chi connectivity index (χ0n) is 19.9. The van der Waals surface area contributed by atoms with Gasteiger partial charge in [0.2, 0.25) is 0 Å². The van der Waals surface area contributed by atoms with Crippen molar-refractivity contribution in [2.24, 2.45) is 0 Å². The predicted octanol–water partition coefficient (Wildman–Crippen LogP) is 9.00. The maximum Gasteiger partial charge on any atom is 0.380 e. The molecular weight excluding hydrogens is 595 g/mol. The molecule has 198 valence electrons. The fourth-order valence-electron chi connectivity index (χ4n) is 5.37. The van der Waals surface area contributed by atoms with E-state index in [1.54, 1.807) is 32.1 Å². The van der Waals surface area contributed by atoms with Crippen LogP contribution >= 0.6 is 47.0 Å². The van der Waals surface area contributed by atoms with Gasteiger partial charge in [-0.3, -0.25) is 0 Å². The third kappa shape index (κ3) is 3.35. The summed E-state index contributed by atoms with van der Waals surface area (Å²) in [6.45, 7) is 3.15. The summed E-state index contributed by atoms with van der Waals surface area (Å²) in [4.78, 5) is 2.69. The van der Waals surface area contributed by atoms with Crippen molar-refractivity contribution in [3.63, 3.8) is 0 Å². The van der Waals surface area contributed by atoms with Crippen molar-refractivity contribution >= 4 is 47.0 Å². The molecule has 2 aliphatic carbocycles. The molecule has 0 spiro atoms. The Morgan fingerprint density at radius 2 is 1.23 bits per heavy atom. The Hall–Kier alpha value is -2.38. The first-order chi connectivity index (χ1) is 18.2. The van der Waals surface area contributed by atoms with Crippen LogP contribution < -0.4 is 0 Å². The molecule has 1 aromatic carbocycles. The summed E-state index contributed by atoms with van der Waals surface area (Å²) in [6.07, 6.45) is 5.39. The number of halogens is 6. The Balaban J connectivity index is 1.56. The number of allylic oxidation sites excluding steroid dienone is 7. The first-order valence-corrected chi connectivity index (χ1v) is 14.6. The minimum absolute atomic E-state index is 0.180. The first-order valence-electron chi connectivity index (χ1n) is 11.4. The van der Waals surface area contributed by atoms with Crippen molar-refractivity contribution in [2.75, 3.05) is 0 Å². The summed E-state index contributed by atoms with van der Waals surface area (Å²) in [5, 5.41) is 18.4. The van der Waals surface area contributed by atoms with Gasteiger partial charge >= 0.3 is 17.8 Å². The molecule has 0 amide bonds. The van der Waals surface area contributed by atoms with Crippen molar-refractivity contribution in [1.29, 1.82) is 10.5 Å². The van der Waals surface area contributed by atoms with Crippen LogP contribution in [0.15, 0.2) is 100 Å². The van der Waals surface area contributed by atoms with Crippen LogP contribution in [0.3, 0.4) is 0 Å². The third-order valence-corrected chi connectivity index (χ3v) is 13.0. The maximum atomic E-state index is 15.4. The highest BCUT2D eigenvalue weighted by molar-refractivity contribution is 8.24. The lowest BCUT2D eigenvalue weighted by molar-refractivity contribution is -0.258. The van der Waals surface area contributed by atoms with E-state index in [4.69, 9.17) is 0 Å². The molecule has 3 heterocycles. The number of nitrogens with zero attached hydrogens (tertiary/aromatic N) is 2. The Labute approximate surface area is 236 Å². The molecule has 0 saturated heterocycles. The van der Waals surface area contributed by atoms with Crippen LogP contribution in [0, 0.1) is 22.7 Å². The quantitative estimate of drug-likeness (QED) is 0.247. The second kappa shape index (κ2) is 8.32. The number of fused-ring (bicyclic) bond motifs is 5. The van der Waals surface area contributed by atoms with E-state index in [9.17, 15) is 19.3 Å². The van der Waals surface area contributed by atoms with Gasteiger partial charge in [0.05, 0.1) is 13.7 Å². The molecule has 1 saturated carbocycles. The molecule has 0 bridgehead atoms. The second-order valence-electron chi connectivity index (χ2n) is 9.56. The lowest BCUT2D eigenvalue weighted by Crippen LogP contribution is -2.48. The Morgan fingerprint density at radius 1 is 0.769 bits per heavy atom. The smallest absolute Gasteiger partial charge is 0.194 e. The molecule has 5 aliphatic rings. The standard InChI is InChI=1S/C27H14F6N2S4/c1-23-16(8-14(38-23)7-13(11-34)12-35)21-22(26(30,31)27(32,33)25(21,28)29)17-9-15(39-24(17,23)2)10-20-36-18-5-3-4-6-19(18)37-20/h3-10H,1-2H3. The van der Waals surface area contributed by atoms with Gasteiger partial charge in [0.1, 0.15) is 17.7 Å². The van der Waals surface area contributed by atoms with Gasteiger partial charge in [0, 0.05) is 30.7 Å². The maximum absolute atomic E-state index is 15.4. The molecule has 3 aliphatic heterocycles. The monoisotopic (exact) mass is 608 g/mol. The van der Waals surface area contributed by atoms with E-state index in [1.807, 2.05) is 24.3 Å². The van der Waals surface area contributed by atoms with Gasteiger partial charge in [-0.1, -0.05) is 35.7 Å². The minimum atomic E-state index is -5.64. The first kappa shape index (κ1) is 26.8. The zero-order chi connectivity index (χ0) is 28.2. The summed E-state index contributed by atoms with van der Waals surface area (Å²) >= 11 is 5.11. The van der Waals surface area contributed by atoms with Crippen LogP contribution in [-0.2, 0) is 0 Å². The topological polar surface area (TPSA) is 47.6 Å². The van der Waals surface area contributed by atoms with Crippen LogP contribution in [-0.4, -0.2) is 27.3 Å². The number of rotatable bonds is 2. The van der Waals surface area contributed by atoms with Crippen LogP contribution in [0.25, 0.3) is 0 Å². The predicted molar refractivity (Wildman–Crippen MR) is 143 cm³/mol. The van der Waals surface area contributed by atoms with Crippen molar-refractivity contribution in [2.45, 2.75) is 50.9 Å². The summed E-state index contributed by atoms with van der Waals surface area (Å²) in [7, 11) is 0. The molecule has 39 heavy (non-hydrogen) atoms. The van der Waals surface area contributed by atoms with E-state index in [0.717, 1.165) is 49.7 Å². The van der Waals surface area contributed by atoms with Gasteiger partial charge in [-0.05, 0) is 61.4 Å². The van der Waals surface area contributed by atoms with Crippen LogP contribution in [0.4, 0.5) is 26.3 Å². The molecule has 0 N–H and O–H groups in total. The normalized spacial score (nSPS) is 30.5. The molecule has 6 rings (SSSR count). The number of alkyl halides is 6. The Bertz CT molecular complexity index is 1610. The van der Waals surface area contributed by atoms with Gasteiger partial charge in [0.25, 0.3) is 0 Å². The largest absolute Gasteiger partial charge is 0.380 e. The summed E-state index contributed by atoms with van der Waals surface area (Å²) in [5.41, 5.74) is -3.65. The minimum Gasteiger partial charge on any atom is -0.194 e. The van der Waals surface area contributed by atoms with Gasteiger partial charge in [-0.15, -0.1) is 23.5 Å². The van der Waals surface area contributed by atoms with E-state index >= 15 is 17.6 Å². The van der Waals surface area contributed by atoms with Gasteiger partial charge < -0.3 is 0 Å². The van der Waals surface area contributed by atoms with Crippen molar-refractivity contribution < 1.29 is 26.3 Å². The number of benzene rings is 1. The van der Waals surface area contributed by atoms with Crippen LogP contribution in [0.1, 0.15) is 13.8 Å². The molecule has 2 atom stereocenters. The third-order valence-electron chi connectivity index (χ3n) is 7.42. The van der Waals surface area contributed by atoms with E-state index in [-0.39, 0.29) is 21.6 Å². The highest BCUT2D eigenvalue weighted by Crippen LogP contribution is 2.74. The zero-order valence-corrected chi connectivity index (χ0v) is 23.2. The van der Waals surface area contributed by atoms with Gasteiger partial charge in [-0.25, -0.2) is 0 Å². The molecule has 1 fully saturated rings. The van der Waals surface area contributed by atoms with Gasteiger partial charge in [-0.2, -0.15) is 36.9 Å². The summed E-state index contributed by atoms with van der Waals surface area (Å²) < 4.78 is 89.1. The number of nitriles is 2. The molecule has 2 nitrogen and oxygen atoms in total. The number of hydrogen-bond acceptors (Lipinski definition) is 6. The molecule has 12 heteroatoms. The van der Waals surface area contributed by atoms with Crippen molar-refractivity contribution in [3.8, 4) is 12.1 Å². The molecule has 0 aromatic heterocycles. The van der Waals surface area contributed by atoms with Crippen LogP contribution in [0.5, 0.6) is 0 Å². The SMILES string of the molecule is CC12SC(C=C(C#N)C#N)=CC1=C1C(=C3C=C(C=C4Sc5ccccc5S4)SC32C)C(F)(F)C(F)(F)C1(F)F. The van der Waals surface area contributed by atoms with Crippen LogP contribution in [0.2, 0.25) is 0 Å². The van der Waals surface area contributed by atoms with E-state index < -0.39 is 38.4 Å². The van der Waals surface area contributed by atoms with E-state index in [1.165, 1.54) is 29.6 Å². The number of hydrogen-bond donors (Lipinski definition) is 0. The summed E-state index contributed by atoms with van der Waals surface area (Å²) in [6, 6.07) is 11.0. The highest BCUT2D eigenvalue weighted by atomic mass is 32.2. The Morgan fingerprint density at radius 3 is 1.72 bits per heavy atom. The van der Waals surface area contributed by atoms with Crippen molar-refractivity contribution in [1.82, 2.24) is 0 Å². The Kier molecular flexibility index (Phi) is 5.72. The molecule has 1 aromatic rings. The highest BCUT2D eigenvalue weighted by Gasteiger charge is 2.84. The molecule has 0 radical (unpaired) electrons. The molecule has 2 unspecified atom stereocenters. The molecular formula is C27H14F6N2S4. The van der Waals surface area contributed by atoms with E-state index in [0.29, 0.717) is 4.91 Å². The van der Waals surface area contributed by atoms with Crippen molar-refractivity contribution in [3.05, 3.63) is 90.5 Å². The second-order valence-corrected chi connectivity index (χ2v) is 15.0. The lowest BCUT2D eigenvalue weighted by atomic mass is 9.71. The fourth-order valence-corrected chi connectivity index (χ4v) is 11.0. The lowest BCUT2D eigenvalue weighted by Gasteiger charge is -2.47. The van der Waals surface area contributed by atoms with Gasteiger partial charge in [0.15, 0.2) is 0 Å².